The number of amides is 1. The van der Waals surface area contributed by atoms with Gasteiger partial charge in [0.15, 0.2) is 0 Å². The van der Waals surface area contributed by atoms with Crippen LogP contribution < -0.4 is 5.32 Å². The number of carbonyl (C=O) groups excluding carboxylic acids is 1. The molecule has 1 amide bonds. The highest BCUT2D eigenvalue weighted by Gasteiger charge is 2.35. The Hall–Kier alpha value is -2.75. The lowest BCUT2D eigenvalue weighted by Gasteiger charge is -2.27. The van der Waals surface area contributed by atoms with Crippen molar-refractivity contribution >= 4 is 56.1 Å². The first-order valence-corrected chi connectivity index (χ1v) is 12.8. The van der Waals surface area contributed by atoms with Gasteiger partial charge in [-0.05, 0) is 57.5 Å². The average molecular weight is 496 g/mol. The van der Waals surface area contributed by atoms with E-state index in [9.17, 15) is 4.79 Å². The molecule has 1 aliphatic heterocycles. The number of fused-ring (bicyclic) bond motifs is 4. The average Bonchev–Trinajstić information content (AvgIpc) is 3.56. The minimum Gasteiger partial charge on any atom is -0.341 e. The highest BCUT2D eigenvalue weighted by atomic mass is 35.5. The molecule has 6 rings (SSSR count). The summed E-state index contributed by atoms with van der Waals surface area (Å²) in [5.41, 5.74) is 2.99. The van der Waals surface area contributed by atoms with Gasteiger partial charge in [0.25, 0.3) is 0 Å². The molecule has 10 heteroatoms. The molecular weight excluding hydrogens is 470 g/mol. The molecule has 1 fully saturated rings. The standard InChI is InChI=1S/C24H26ClN7OS/c1-30(2)16-6-8-31(11-16)24(33)14-3-4-17-20(9-14)34-23-21(17)22(26-13-27-23)29-19-10-15-5-7-28-32(15)12-18(19)25/h5,7,10,12-14,16H,3-4,6,8-9,11H2,1-2H3,(H,26,27,29)/t14-,16-/m0/s1. The summed E-state index contributed by atoms with van der Waals surface area (Å²) in [7, 11) is 4.19. The van der Waals surface area contributed by atoms with Crippen LogP contribution in [0.5, 0.6) is 0 Å². The van der Waals surface area contributed by atoms with E-state index in [1.165, 1.54) is 10.4 Å². The first-order chi connectivity index (χ1) is 16.5. The number of nitrogens with zero attached hydrogens (tertiary/aromatic N) is 6. The van der Waals surface area contributed by atoms with Gasteiger partial charge in [0.05, 0.1) is 21.6 Å². The van der Waals surface area contributed by atoms with E-state index in [1.54, 1.807) is 34.6 Å². The van der Waals surface area contributed by atoms with Crippen LogP contribution in [0.2, 0.25) is 5.02 Å². The number of likely N-dealkylation sites (N-methyl/N-ethyl adjacent to an activating group) is 1. The number of thiophene rings is 1. The van der Waals surface area contributed by atoms with Crippen LogP contribution in [0, 0.1) is 5.92 Å². The summed E-state index contributed by atoms with van der Waals surface area (Å²) in [6, 6.07) is 4.36. The lowest BCUT2D eigenvalue weighted by atomic mass is 9.87. The summed E-state index contributed by atoms with van der Waals surface area (Å²) in [5, 5.41) is 9.28. The number of halogens is 1. The molecule has 0 aromatic carbocycles. The SMILES string of the molecule is CN(C)[C@H]1CCN(C(=O)[C@H]2CCc3c(sc4ncnc(Nc5cc6ccnn6cc5Cl)c34)C2)C1. The Balaban J connectivity index is 1.27. The van der Waals surface area contributed by atoms with Crippen molar-refractivity contribution in [2.45, 2.75) is 31.7 Å². The number of hydrogen-bond acceptors (Lipinski definition) is 7. The van der Waals surface area contributed by atoms with E-state index in [0.29, 0.717) is 17.0 Å². The molecule has 2 atom stereocenters. The summed E-state index contributed by atoms with van der Waals surface area (Å²) in [6.45, 7) is 1.70. The van der Waals surface area contributed by atoms with Crippen LogP contribution in [0.1, 0.15) is 23.3 Å². The molecule has 0 spiro atoms. The summed E-state index contributed by atoms with van der Waals surface area (Å²) < 4.78 is 1.74. The van der Waals surface area contributed by atoms with Gasteiger partial charge in [-0.1, -0.05) is 11.6 Å². The molecule has 34 heavy (non-hydrogen) atoms. The van der Waals surface area contributed by atoms with Crippen molar-refractivity contribution in [3.63, 3.8) is 0 Å². The van der Waals surface area contributed by atoms with Crippen LogP contribution in [0.4, 0.5) is 11.5 Å². The topological polar surface area (TPSA) is 78.7 Å². The maximum atomic E-state index is 13.3. The fraction of sp³-hybridized carbons (Fsp3) is 0.417. The van der Waals surface area contributed by atoms with Gasteiger partial charge < -0.3 is 15.1 Å². The summed E-state index contributed by atoms with van der Waals surface area (Å²) in [5.74, 6) is 1.11. The van der Waals surface area contributed by atoms with Crippen molar-refractivity contribution in [1.82, 2.24) is 29.4 Å². The first-order valence-electron chi connectivity index (χ1n) is 11.6. The third-order valence-electron chi connectivity index (χ3n) is 7.14. The molecule has 0 bridgehead atoms. The van der Waals surface area contributed by atoms with Crippen LogP contribution in [-0.4, -0.2) is 68.5 Å². The second-order valence-electron chi connectivity index (χ2n) is 9.40. The molecule has 2 aliphatic rings. The molecule has 0 unspecified atom stereocenters. The Kier molecular flexibility index (Phi) is 5.43. The predicted octanol–water partition coefficient (Wildman–Crippen LogP) is 4.00. The van der Waals surface area contributed by atoms with Crippen molar-refractivity contribution in [3.05, 3.63) is 46.3 Å². The Morgan fingerprint density at radius 1 is 1.29 bits per heavy atom. The molecule has 1 N–H and O–H groups in total. The van der Waals surface area contributed by atoms with Gasteiger partial charge in [-0.2, -0.15) is 5.10 Å². The van der Waals surface area contributed by atoms with Gasteiger partial charge in [-0.3, -0.25) is 4.79 Å². The zero-order chi connectivity index (χ0) is 23.4. The van der Waals surface area contributed by atoms with Crippen molar-refractivity contribution < 1.29 is 4.79 Å². The fourth-order valence-electron chi connectivity index (χ4n) is 5.20. The number of rotatable bonds is 4. The van der Waals surface area contributed by atoms with Crippen molar-refractivity contribution in [3.8, 4) is 0 Å². The maximum absolute atomic E-state index is 13.3. The van der Waals surface area contributed by atoms with E-state index in [2.05, 4.69) is 44.3 Å². The minimum atomic E-state index is 0.0459. The van der Waals surface area contributed by atoms with Crippen molar-refractivity contribution in [2.24, 2.45) is 5.92 Å². The van der Waals surface area contributed by atoms with E-state index in [1.807, 2.05) is 12.1 Å². The van der Waals surface area contributed by atoms with Gasteiger partial charge >= 0.3 is 0 Å². The highest BCUT2D eigenvalue weighted by molar-refractivity contribution is 7.19. The monoisotopic (exact) mass is 495 g/mol. The number of pyridine rings is 1. The Bertz CT molecular complexity index is 1400. The van der Waals surface area contributed by atoms with Crippen LogP contribution in [0.25, 0.3) is 15.7 Å². The quantitative estimate of drug-likeness (QED) is 0.461. The number of aryl methyl sites for hydroxylation is 1. The second kappa shape index (κ2) is 8.48. The normalized spacial score (nSPS) is 20.4. The fourth-order valence-corrected chi connectivity index (χ4v) is 6.66. The zero-order valence-corrected chi connectivity index (χ0v) is 20.7. The highest BCUT2D eigenvalue weighted by Crippen LogP contribution is 2.41. The predicted molar refractivity (Wildman–Crippen MR) is 135 cm³/mol. The third kappa shape index (κ3) is 3.72. The number of anilines is 2. The third-order valence-corrected chi connectivity index (χ3v) is 8.60. The lowest BCUT2D eigenvalue weighted by molar-refractivity contribution is -0.134. The van der Waals surface area contributed by atoms with Crippen LogP contribution in [0.3, 0.4) is 0 Å². The number of nitrogens with one attached hydrogen (secondary N) is 1. The molecule has 0 saturated carbocycles. The van der Waals surface area contributed by atoms with Crippen molar-refractivity contribution in [1.29, 1.82) is 0 Å². The Labute approximate surface area is 206 Å². The van der Waals surface area contributed by atoms with Crippen LogP contribution >= 0.6 is 22.9 Å². The van der Waals surface area contributed by atoms with E-state index in [-0.39, 0.29) is 5.92 Å². The van der Waals surface area contributed by atoms with E-state index in [0.717, 1.165) is 66.0 Å². The molecule has 5 heterocycles. The van der Waals surface area contributed by atoms with Crippen LogP contribution in [-0.2, 0) is 17.6 Å². The summed E-state index contributed by atoms with van der Waals surface area (Å²) >= 11 is 8.20. The number of hydrogen-bond donors (Lipinski definition) is 1. The molecule has 1 aliphatic carbocycles. The minimum absolute atomic E-state index is 0.0459. The number of aromatic nitrogens is 4. The Morgan fingerprint density at radius 3 is 3.00 bits per heavy atom. The second-order valence-corrected chi connectivity index (χ2v) is 10.9. The molecular formula is C24H26ClN7OS. The van der Waals surface area contributed by atoms with E-state index >= 15 is 0 Å². The molecule has 0 radical (unpaired) electrons. The number of carbonyl (C=O) groups is 1. The summed E-state index contributed by atoms with van der Waals surface area (Å²) in [6.07, 6.45) is 8.67. The number of likely N-dealkylation sites (tertiary alicyclic amines) is 1. The molecule has 4 aromatic heterocycles. The van der Waals surface area contributed by atoms with Crippen molar-refractivity contribution in [2.75, 3.05) is 32.5 Å². The van der Waals surface area contributed by atoms with Gasteiger partial charge in [-0.25, -0.2) is 14.5 Å². The largest absolute Gasteiger partial charge is 0.341 e. The lowest BCUT2D eigenvalue weighted by Crippen LogP contribution is -2.39. The van der Waals surface area contributed by atoms with Gasteiger partial charge in [0.2, 0.25) is 5.91 Å². The molecule has 1 saturated heterocycles. The Morgan fingerprint density at radius 2 is 2.18 bits per heavy atom. The molecule has 8 nitrogen and oxygen atoms in total. The first kappa shape index (κ1) is 21.8. The molecule has 4 aromatic rings. The van der Waals surface area contributed by atoms with E-state index in [4.69, 9.17) is 11.6 Å². The zero-order valence-electron chi connectivity index (χ0n) is 19.2. The van der Waals surface area contributed by atoms with Gasteiger partial charge in [0.1, 0.15) is 17.0 Å². The van der Waals surface area contributed by atoms with Crippen LogP contribution in [0.15, 0.2) is 30.9 Å². The summed E-state index contributed by atoms with van der Waals surface area (Å²) in [4.78, 5) is 28.9. The molecule has 176 valence electrons. The van der Waals surface area contributed by atoms with E-state index < -0.39 is 0 Å². The van der Waals surface area contributed by atoms with Gasteiger partial charge in [-0.15, -0.1) is 11.3 Å². The van der Waals surface area contributed by atoms with Gasteiger partial charge in [0, 0.05) is 42.3 Å². The maximum Gasteiger partial charge on any atom is 0.226 e. The smallest absolute Gasteiger partial charge is 0.226 e.